The molecular weight excluding hydrogens is 355 g/mol. The van der Waals surface area contributed by atoms with Crippen LogP contribution in [0.1, 0.15) is 12.7 Å². The Bertz CT molecular complexity index is 712. The number of amides is 1. The van der Waals surface area contributed by atoms with Gasteiger partial charge in [0.1, 0.15) is 5.82 Å². The lowest BCUT2D eigenvalue weighted by atomic mass is 10.3. The molecule has 0 bridgehead atoms. The summed E-state index contributed by atoms with van der Waals surface area (Å²) in [6.07, 6.45) is 1.76. The van der Waals surface area contributed by atoms with Gasteiger partial charge in [-0.1, -0.05) is 47.1 Å². The van der Waals surface area contributed by atoms with Gasteiger partial charge in [0.2, 0.25) is 5.91 Å². The fourth-order valence-electron chi connectivity index (χ4n) is 1.84. The molecule has 122 valence electrons. The summed E-state index contributed by atoms with van der Waals surface area (Å²) in [5, 5.41) is 11.9. The number of hydrogen-bond acceptors (Lipinski definition) is 4. The van der Waals surface area contributed by atoms with Gasteiger partial charge in [0.05, 0.1) is 21.0 Å². The molecule has 23 heavy (non-hydrogen) atoms. The molecule has 1 aromatic heterocycles. The van der Waals surface area contributed by atoms with E-state index in [1.165, 1.54) is 11.8 Å². The van der Waals surface area contributed by atoms with Gasteiger partial charge < -0.3 is 9.88 Å². The Morgan fingerprint density at radius 2 is 2.09 bits per heavy atom. The van der Waals surface area contributed by atoms with Crippen LogP contribution in [0.15, 0.2) is 36.0 Å². The Hall–Kier alpha value is -1.50. The van der Waals surface area contributed by atoms with Crippen LogP contribution in [-0.2, 0) is 11.3 Å². The van der Waals surface area contributed by atoms with Crippen LogP contribution in [0.3, 0.4) is 0 Å². The molecule has 1 N–H and O–H groups in total. The zero-order chi connectivity index (χ0) is 17.0. The number of nitrogens with zero attached hydrogens (tertiary/aromatic N) is 3. The van der Waals surface area contributed by atoms with Gasteiger partial charge in [0, 0.05) is 6.54 Å². The van der Waals surface area contributed by atoms with Gasteiger partial charge in [0.15, 0.2) is 5.16 Å². The Morgan fingerprint density at radius 3 is 2.70 bits per heavy atom. The topological polar surface area (TPSA) is 59.8 Å². The molecule has 0 aliphatic carbocycles. The second-order valence-corrected chi connectivity index (χ2v) is 6.90. The van der Waals surface area contributed by atoms with Crippen molar-refractivity contribution >= 4 is 46.6 Å². The van der Waals surface area contributed by atoms with Crippen LogP contribution in [0, 0.1) is 6.92 Å². The molecule has 1 aromatic carbocycles. The first-order valence-electron chi connectivity index (χ1n) is 6.86. The maximum atomic E-state index is 12.4. The van der Waals surface area contributed by atoms with Crippen LogP contribution in [-0.4, -0.2) is 25.9 Å². The largest absolute Gasteiger partial charge is 0.323 e. The number of aromatic nitrogens is 3. The van der Waals surface area contributed by atoms with E-state index in [1.54, 1.807) is 31.2 Å². The number of rotatable bonds is 6. The molecule has 1 unspecified atom stereocenters. The molecule has 0 aliphatic heterocycles. The van der Waals surface area contributed by atoms with E-state index in [0.717, 1.165) is 5.82 Å². The highest BCUT2D eigenvalue weighted by molar-refractivity contribution is 8.00. The summed E-state index contributed by atoms with van der Waals surface area (Å²) in [5.74, 6) is 0.560. The fraction of sp³-hybridized carbons (Fsp3) is 0.267. The van der Waals surface area contributed by atoms with Gasteiger partial charge in [0.25, 0.3) is 0 Å². The predicted molar refractivity (Wildman–Crippen MR) is 95.4 cm³/mol. The van der Waals surface area contributed by atoms with Gasteiger partial charge in [-0.3, -0.25) is 4.79 Å². The Labute approximate surface area is 149 Å². The molecule has 0 saturated heterocycles. The van der Waals surface area contributed by atoms with Crippen molar-refractivity contribution in [2.24, 2.45) is 0 Å². The highest BCUT2D eigenvalue weighted by atomic mass is 35.5. The fourth-order valence-corrected chi connectivity index (χ4v) is 3.24. The number of nitrogens with one attached hydrogen (secondary N) is 1. The predicted octanol–water partition coefficient (Wildman–Crippen LogP) is 4.20. The molecule has 5 nitrogen and oxygen atoms in total. The monoisotopic (exact) mass is 370 g/mol. The number of carbonyl (C=O) groups excluding carboxylic acids is 1. The molecule has 0 radical (unpaired) electrons. The van der Waals surface area contributed by atoms with Crippen LogP contribution in [0.25, 0.3) is 0 Å². The molecule has 1 amide bonds. The summed E-state index contributed by atoms with van der Waals surface area (Å²) >= 11 is 13.4. The first kappa shape index (κ1) is 17.8. The van der Waals surface area contributed by atoms with E-state index < -0.39 is 5.25 Å². The summed E-state index contributed by atoms with van der Waals surface area (Å²) in [4.78, 5) is 12.4. The lowest BCUT2D eigenvalue weighted by molar-refractivity contribution is -0.115. The van der Waals surface area contributed by atoms with Crippen molar-refractivity contribution in [3.63, 3.8) is 0 Å². The third-order valence-corrected chi connectivity index (χ3v) is 4.79. The first-order valence-corrected chi connectivity index (χ1v) is 8.49. The van der Waals surface area contributed by atoms with E-state index in [4.69, 9.17) is 23.2 Å². The molecule has 8 heteroatoms. The number of thioether (sulfide) groups is 1. The van der Waals surface area contributed by atoms with E-state index in [2.05, 4.69) is 22.1 Å². The molecule has 0 saturated carbocycles. The second kappa shape index (κ2) is 7.86. The van der Waals surface area contributed by atoms with Gasteiger partial charge >= 0.3 is 0 Å². The third kappa shape index (κ3) is 4.28. The number of carbonyl (C=O) groups is 1. The van der Waals surface area contributed by atoms with Gasteiger partial charge in [-0.15, -0.1) is 16.8 Å². The SMILES string of the molecule is C=CCn1c(C)nnc1SC(C)C(=O)Nc1c(Cl)cccc1Cl. The quantitative estimate of drug-likeness (QED) is 0.611. The van der Waals surface area contributed by atoms with E-state index in [9.17, 15) is 4.79 Å². The summed E-state index contributed by atoms with van der Waals surface area (Å²) in [6.45, 7) is 7.94. The van der Waals surface area contributed by atoms with Crippen molar-refractivity contribution in [2.45, 2.75) is 30.8 Å². The molecule has 2 rings (SSSR count). The lowest BCUT2D eigenvalue weighted by Crippen LogP contribution is -2.23. The summed E-state index contributed by atoms with van der Waals surface area (Å²) in [5.41, 5.74) is 0.414. The molecule has 0 aliphatic rings. The van der Waals surface area contributed by atoms with Crippen LogP contribution < -0.4 is 5.32 Å². The third-order valence-electron chi connectivity index (χ3n) is 3.08. The highest BCUT2D eigenvalue weighted by Gasteiger charge is 2.20. The maximum absolute atomic E-state index is 12.4. The average Bonchev–Trinajstić information content (AvgIpc) is 2.84. The summed E-state index contributed by atoms with van der Waals surface area (Å²) < 4.78 is 1.89. The number of allylic oxidation sites excluding steroid dienone is 1. The lowest BCUT2D eigenvalue weighted by Gasteiger charge is -2.14. The van der Waals surface area contributed by atoms with Crippen molar-refractivity contribution < 1.29 is 4.79 Å². The molecule has 0 spiro atoms. The number of hydrogen-bond donors (Lipinski definition) is 1. The normalized spacial score (nSPS) is 12.0. The molecular formula is C15H16Cl2N4OS. The minimum atomic E-state index is -0.394. The van der Waals surface area contributed by atoms with Gasteiger partial charge in [-0.05, 0) is 26.0 Å². The summed E-state index contributed by atoms with van der Waals surface area (Å²) in [7, 11) is 0. The van der Waals surface area contributed by atoms with Crippen molar-refractivity contribution in [1.29, 1.82) is 0 Å². The zero-order valence-corrected chi connectivity index (χ0v) is 15.0. The first-order chi connectivity index (χ1) is 10.9. The van der Waals surface area contributed by atoms with E-state index >= 15 is 0 Å². The highest BCUT2D eigenvalue weighted by Crippen LogP contribution is 2.31. The minimum absolute atomic E-state index is 0.212. The summed E-state index contributed by atoms with van der Waals surface area (Å²) in [6, 6.07) is 5.06. The molecule has 1 heterocycles. The van der Waals surface area contributed by atoms with E-state index in [1.807, 2.05) is 11.5 Å². The Balaban J connectivity index is 2.10. The minimum Gasteiger partial charge on any atom is -0.323 e. The van der Waals surface area contributed by atoms with E-state index in [0.29, 0.717) is 27.4 Å². The van der Waals surface area contributed by atoms with Gasteiger partial charge in [-0.2, -0.15) is 0 Å². The standard InChI is InChI=1S/C15H16Cl2N4OS/c1-4-8-21-10(3)19-20-15(21)23-9(2)14(22)18-13-11(16)6-5-7-12(13)17/h4-7,9H,1,8H2,2-3H3,(H,18,22). The zero-order valence-electron chi connectivity index (χ0n) is 12.7. The van der Waals surface area contributed by atoms with Crippen LogP contribution in [0.4, 0.5) is 5.69 Å². The van der Waals surface area contributed by atoms with Crippen molar-refractivity contribution in [1.82, 2.24) is 14.8 Å². The van der Waals surface area contributed by atoms with Crippen molar-refractivity contribution in [2.75, 3.05) is 5.32 Å². The average molecular weight is 371 g/mol. The van der Waals surface area contributed by atoms with Crippen LogP contribution in [0.5, 0.6) is 0 Å². The number of aryl methyl sites for hydroxylation is 1. The van der Waals surface area contributed by atoms with Crippen LogP contribution >= 0.6 is 35.0 Å². The Morgan fingerprint density at radius 1 is 1.43 bits per heavy atom. The van der Waals surface area contributed by atoms with Crippen molar-refractivity contribution in [3.8, 4) is 0 Å². The molecule has 2 aromatic rings. The number of para-hydroxylation sites is 1. The molecule has 1 atom stereocenters. The number of anilines is 1. The maximum Gasteiger partial charge on any atom is 0.237 e. The van der Waals surface area contributed by atoms with Crippen LogP contribution in [0.2, 0.25) is 10.0 Å². The van der Waals surface area contributed by atoms with E-state index in [-0.39, 0.29) is 5.91 Å². The smallest absolute Gasteiger partial charge is 0.237 e. The Kier molecular flexibility index (Phi) is 6.10. The van der Waals surface area contributed by atoms with Crippen molar-refractivity contribution in [3.05, 3.63) is 46.7 Å². The number of halogens is 2. The van der Waals surface area contributed by atoms with Gasteiger partial charge in [-0.25, -0.2) is 0 Å². The number of benzene rings is 1. The molecule has 0 fully saturated rings. The second-order valence-electron chi connectivity index (χ2n) is 4.78.